The molecule has 0 amide bonds. The summed E-state index contributed by atoms with van der Waals surface area (Å²) in [7, 11) is 0. The Hall–Kier alpha value is -3.78. The molecule has 172 valence electrons. The van der Waals surface area contributed by atoms with Crippen molar-refractivity contribution in [3.05, 3.63) is 87.5 Å². The molecule has 0 saturated carbocycles. The molecule has 3 aromatic carbocycles. The van der Waals surface area contributed by atoms with Crippen molar-refractivity contribution in [2.45, 2.75) is 42.9 Å². The van der Waals surface area contributed by atoms with E-state index in [1.165, 1.54) is 37.7 Å². The molecule has 0 radical (unpaired) electrons. The van der Waals surface area contributed by atoms with Gasteiger partial charge in [0, 0.05) is 39.8 Å². The molecule has 0 atom stereocenters. The number of non-ortho nitro benzene ring substituents is 1. The van der Waals surface area contributed by atoms with Crippen LogP contribution in [0.25, 0.3) is 11.1 Å². The van der Waals surface area contributed by atoms with Gasteiger partial charge in [-0.05, 0) is 59.5 Å². The van der Waals surface area contributed by atoms with Crippen LogP contribution in [0.1, 0.15) is 49.2 Å². The molecule has 0 aliphatic heterocycles. The fourth-order valence-electron chi connectivity index (χ4n) is 4.08. The predicted octanol–water partition coefficient (Wildman–Crippen LogP) is 6.17. The molecular formula is C26H22N2O5S. The minimum absolute atomic E-state index is 0.0633. The van der Waals surface area contributed by atoms with E-state index in [9.17, 15) is 19.7 Å². The van der Waals surface area contributed by atoms with Crippen molar-refractivity contribution in [2.24, 2.45) is 5.16 Å². The largest absolute Gasteiger partial charge is 0.331 e. The van der Waals surface area contributed by atoms with E-state index in [0.29, 0.717) is 5.56 Å². The van der Waals surface area contributed by atoms with Crippen LogP contribution in [-0.2, 0) is 15.0 Å². The highest BCUT2D eigenvalue weighted by atomic mass is 32.2. The van der Waals surface area contributed by atoms with Crippen LogP contribution in [0.3, 0.4) is 0 Å². The average molecular weight is 475 g/mol. The molecule has 0 aromatic heterocycles. The molecule has 0 unspecified atom stereocenters. The Kier molecular flexibility index (Phi) is 6.10. The summed E-state index contributed by atoms with van der Waals surface area (Å²) < 4.78 is 0. The van der Waals surface area contributed by atoms with E-state index in [0.717, 1.165) is 32.0 Å². The van der Waals surface area contributed by atoms with Gasteiger partial charge < -0.3 is 4.84 Å². The lowest BCUT2D eigenvalue weighted by atomic mass is 9.81. The van der Waals surface area contributed by atoms with Crippen molar-refractivity contribution in [3.63, 3.8) is 0 Å². The number of rotatable bonds is 6. The highest BCUT2D eigenvalue weighted by Gasteiger charge is 2.36. The standard InChI is InChI=1S/C26H22N2O5S/c1-15(27-33-16(2)29)25(30)17-5-11-21-22-12-10-20(14-24(22)26(3,4)23(21)13-17)34-19-8-6-18(7-9-19)28(31)32/h5-14H,1-4H3. The number of ketones is 1. The van der Waals surface area contributed by atoms with Gasteiger partial charge in [-0.25, -0.2) is 4.79 Å². The van der Waals surface area contributed by atoms with Gasteiger partial charge in [0.25, 0.3) is 5.69 Å². The Morgan fingerprint density at radius 1 is 0.912 bits per heavy atom. The third kappa shape index (κ3) is 4.36. The van der Waals surface area contributed by atoms with Crippen LogP contribution in [0.2, 0.25) is 0 Å². The minimum atomic E-state index is -0.583. The van der Waals surface area contributed by atoms with Gasteiger partial charge in [0.2, 0.25) is 5.78 Å². The summed E-state index contributed by atoms with van der Waals surface area (Å²) in [6, 6.07) is 18.3. The van der Waals surface area contributed by atoms with Gasteiger partial charge in [-0.2, -0.15) is 0 Å². The first kappa shape index (κ1) is 23.4. The van der Waals surface area contributed by atoms with Gasteiger partial charge in [0.1, 0.15) is 5.71 Å². The van der Waals surface area contributed by atoms with Crippen LogP contribution in [0.4, 0.5) is 5.69 Å². The smallest absolute Gasteiger partial charge is 0.318 e. The van der Waals surface area contributed by atoms with E-state index < -0.39 is 10.9 Å². The number of oxime groups is 1. The first-order chi connectivity index (χ1) is 16.1. The zero-order valence-electron chi connectivity index (χ0n) is 19.1. The average Bonchev–Trinajstić information content (AvgIpc) is 3.03. The minimum Gasteiger partial charge on any atom is -0.318 e. The summed E-state index contributed by atoms with van der Waals surface area (Å²) in [5, 5.41) is 14.5. The van der Waals surface area contributed by atoms with Crippen molar-refractivity contribution in [1.29, 1.82) is 0 Å². The molecule has 4 rings (SSSR count). The number of nitro benzene ring substituents is 1. The molecule has 3 aromatic rings. The highest BCUT2D eigenvalue weighted by Crippen LogP contribution is 2.50. The number of carbonyl (C=O) groups excluding carboxylic acids is 2. The lowest BCUT2D eigenvalue weighted by Crippen LogP contribution is -2.17. The summed E-state index contributed by atoms with van der Waals surface area (Å²) in [5.41, 5.74) is 4.66. The summed E-state index contributed by atoms with van der Waals surface area (Å²) in [5.74, 6) is -0.884. The van der Waals surface area contributed by atoms with E-state index in [1.807, 2.05) is 18.2 Å². The maximum atomic E-state index is 12.8. The topological polar surface area (TPSA) is 98.9 Å². The van der Waals surface area contributed by atoms with E-state index in [4.69, 9.17) is 0 Å². The van der Waals surface area contributed by atoms with Crippen molar-refractivity contribution < 1.29 is 19.3 Å². The molecule has 34 heavy (non-hydrogen) atoms. The van der Waals surface area contributed by atoms with E-state index in [2.05, 4.69) is 36.0 Å². The Morgan fingerprint density at radius 2 is 1.50 bits per heavy atom. The Balaban J connectivity index is 1.63. The predicted molar refractivity (Wildman–Crippen MR) is 130 cm³/mol. The van der Waals surface area contributed by atoms with Crippen LogP contribution in [0.15, 0.2) is 75.6 Å². The first-order valence-electron chi connectivity index (χ1n) is 10.6. The Morgan fingerprint density at radius 3 is 2.12 bits per heavy atom. The molecule has 1 aliphatic rings. The molecule has 0 heterocycles. The van der Waals surface area contributed by atoms with Gasteiger partial charge in [0.15, 0.2) is 0 Å². The molecular weight excluding hydrogens is 452 g/mol. The zero-order chi connectivity index (χ0) is 24.6. The van der Waals surface area contributed by atoms with Gasteiger partial charge in [-0.15, -0.1) is 0 Å². The molecule has 0 saturated heterocycles. The highest BCUT2D eigenvalue weighted by molar-refractivity contribution is 7.99. The molecule has 1 aliphatic carbocycles. The number of Topliss-reactive ketones (excluding diaryl/α,β-unsaturated/α-hetero) is 1. The summed E-state index contributed by atoms with van der Waals surface area (Å²) in [6.07, 6.45) is 0. The second-order valence-electron chi connectivity index (χ2n) is 8.53. The molecule has 0 spiro atoms. The lowest BCUT2D eigenvalue weighted by Gasteiger charge is -2.22. The number of fused-ring (bicyclic) bond motifs is 3. The van der Waals surface area contributed by atoms with Gasteiger partial charge in [-0.3, -0.25) is 14.9 Å². The number of hydrogen-bond donors (Lipinski definition) is 0. The summed E-state index contributed by atoms with van der Waals surface area (Å²) in [4.78, 5) is 40.8. The van der Waals surface area contributed by atoms with Crippen molar-refractivity contribution in [1.82, 2.24) is 0 Å². The molecule has 0 bridgehead atoms. The Labute approximate surface area is 201 Å². The second kappa shape index (κ2) is 8.87. The number of nitro groups is 1. The van der Waals surface area contributed by atoms with E-state index in [1.54, 1.807) is 18.2 Å². The zero-order valence-corrected chi connectivity index (χ0v) is 19.9. The van der Waals surface area contributed by atoms with Crippen LogP contribution in [0.5, 0.6) is 0 Å². The molecule has 0 fully saturated rings. The number of carbonyl (C=O) groups is 2. The number of nitrogens with zero attached hydrogens (tertiary/aromatic N) is 2. The fourth-order valence-corrected chi connectivity index (χ4v) is 4.93. The normalized spacial score (nSPS) is 13.7. The van der Waals surface area contributed by atoms with Crippen molar-refractivity contribution in [3.8, 4) is 11.1 Å². The van der Waals surface area contributed by atoms with Crippen molar-refractivity contribution >= 4 is 34.9 Å². The first-order valence-corrected chi connectivity index (χ1v) is 11.4. The van der Waals surface area contributed by atoms with E-state index >= 15 is 0 Å². The molecule has 0 N–H and O–H groups in total. The third-order valence-electron chi connectivity index (χ3n) is 5.83. The van der Waals surface area contributed by atoms with Gasteiger partial charge in [0.05, 0.1) is 4.92 Å². The number of benzene rings is 3. The number of hydrogen-bond acceptors (Lipinski definition) is 7. The van der Waals surface area contributed by atoms with Crippen LogP contribution in [0, 0.1) is 10.1 Å². The van der Waals surface area contributed by atoms with Crippen molar-refractivity contribution in [2.75, 3.05) is 0 Å². The monoisotopic (exact) mass is 474 g/mol. The quantitative estimate of drug-likeness (QED) is 0.139. The van der Waals surface area contributed by atoms with E-state index in [-0.39, 0.29) is 22.6 Å². The third-order valence-corrected chi connectivity index (χ3v) is 6.83. The molecule has 8 heteroatoms. The second-order valence-corrected chi connectivity index (χ2v) is 9.68. The maximum Gasteiger partial charge on any atom is 0.331 e. The van der Waals surface area contributed by atoms with Crippen LogP contribution >= 0.6 is 11.8 Å². The summed E-state index contributed by atoms with van der Waals surface area (Å²) >= 11 is 1.54. The fraction of sp³-hybridized carbons (Fsp3) is 0.192. The summed E-state index contributed by atoms with van der Waals surface area (Å²) in [6.45, 7) is 6.97. The Bertz CT molecular complexity index is 1360. The van der Waals surface area contributed by atoms with Gasteiger partial charge >= 0.3 is 5.97 Å². The van der Waals surface area contributed by atoms with Crippen LogP contribution < -0.4 is 0 Å². The van der Waals surface area contributed by atoms with Crippen LogP contribution in [-0.4, -0.2) is 22.4 Å². The van der Waals surface area contributed by atoms with Gasteiger partial charge in [-0.1, -0.05) is 49.0 Å². The molecule has 7 nitrogen and oxygen atoms in total. The SMILES string of the molecule is CC(=O)ON=C(C)C(=O)c1ccc2c(c1)C(C)(C)c1cc(Sc3ccc([N+](=O)[O-])cc3)ccc1-2. The lowest BCUT2D eigenvalue weighted by molar-refractivity contribution is -0.384. The maximum absolute atomic E-state index is 12.8.